The van der Waals surface area contributed by atoms with E-state index in [2.05, 4.69) is 14.7 Å². The van der Waals surface area contributed by atoms with Crippen molar-refractivity contribution in [2.75, 3.05) is 0 Å². The summed E-state index contributed by atoms with van der Waals surface area (Å²) in [7, 11) is 0. The van der Waals surface area contributed by atoms with E-state index in [1.54, 1.807) is 12.3 Å². The number of aliphatic hydroxyl groups is 1. The Morgan fingerprint density at radius 2 is 2.40 bits per heavy atom. The van der Waals surface area contributed by atoms with Gasteiger partial charge in [-0.05, 0) is 12.8 Å². The van der Waals surface area contributed by atoms with Crippen molar-refractivity contribution < 1.29 is 9.63 Å². The highest BCUT2D eigenvalue weighted by Crippen LogP contribution is 2.37. The lowest BCUT2D eigenvalue weighted by Crippen LogP contribution is -1.94. The summed E-state index contributed by atoms with van der Waals surface area (Å²) in [5, 5.41) is 12.8. The smallest absolute Gasteiger partial charge is 0.162 e. The molecule has 0 unspecified atom stereocenters. The molecule has 5 nitrogen and oxygen atoms in total. The molecule has 0 spiro atoms. The fourth-order valence-electron chi connectivity index (χ4n) is 1.65. The molecule has 0 aromatic carbocycles. The van der Waals surface area contributed by atoms with Crippen LogP contribution in [0.5, 0.6) is 0 Å². The van der Waals surface area contributed by atoms with Crippen molar-refractivity contribution in [3.8, 4) is 11.4 Å². The number of imidazole rings is 1. The van der Waals surface area contributed by atoms with Crippen LogP contribution in [0.15, 0.2) is 23.1 Å². The highest BCUT2D eigenvalue weighted by molar-refractivity contribution is 5.53. The molecule has 1 N–H and O–H groups in total. The van der Waals surface area contributed by atoms with Crippen LogP contribution in [0, 0.1) is 0 Å². The molecular weight excluding hydrogens is 194 g/mol. The Labute approximate surface area is 86.3 Å². The lowest BCUT2D eigenvalue weighted by Gasteiger charge is -2.01. The molecule has 5 heteroatoms. The van der Waals surface area contributed by atoms with Crippen LogP contribution in [0.3, 0.4) is 0 Å². The molecule has 0 atom stereocenters. The van der Waals surface area contributed by atoms with E-state index >= 15 is 0 Å². The van der Waals surface area contributed by atoms with E-state index in [-0.39, 0.29) is 6.61 Å². The Hall–Kier alpha value is -1.62. The van der Waals surface area contributed by atoms with Crippen LogP contribution >= 0.6 is 0 Å². The molecule has 0 bridgehead atoms. The minimum Gasteiger partial charge on any atom is -0.388 e. The van der Waals surface area contributed by atoms with Crippen LogP contribution in [0.25, 0.3) is 11.4 Å². The topological polar surface area (TPSA) is 64.1 Å². The number of nitrogens with zero attached hydrogens (tertiary/aromatic N) is 3. The van der Waals surface area contributed by atoms with E-state index in [4.69, 9.17) is 9.63 Å². The quantitative estimate of drug-likeness (QED) is 0.821. The second-order valence-electron chi connectivity index (χ2n) is 3.75. The molecule has 78 valence electrons. The van der Waals surface area contributed by atoms with Crippen LogP contribution in [0.1, 0.15) is 24.6 Å². The van der Waals surface area contributed by atoms with E-state index in [9.17, 15) is 0 Å². The van der Waals surface area contributed by atoms with Crippen LogP contribution in [0.4, 0.5) is 0 Å². The average molecular weight is 205 g/mol. The zero-order valence-corrected chi connectivity index (χ0v) is 8.13. The van der Waals surface area contributed by atoms with Gasteiger partial charge in [-0.3, -0.25) is 0 Å². The second-order valence-corrected chi connectivity index (χ2v) is 3.75. The summed E-state index contributed by atoms with van der Waals surface area (Å²) in [6, 6.07) is 2.31. The zero-order valence-electron chi connectivity index (χ0n) is 8.13. The molecule has 1 fully saturated rings. The highest BCUT2D eigenvalue weighted by atomic mass is 16.5. The van der Waals surface area contributed by atoms with Crippen molar-refractivity contribution >= 4 is 0 Å². The monoisotopic (exact) mass is 205 g/mol. The molecule has 0 saturated heterocycles. The maximum Gasteiger partial charge on any atom is 0.162 e. The average Bonchev–Trinajstić information content (AvgIpc) is 2.83. The number of hydrogen-bond donors (Lipinski definition) is 1. The SMILES string of the molecule is OCc1cc(-c2cncn2C2CC2)no1. The number of aliphatic hydroxyl groups excluding tert-OH is 1. The first-order chi connectivity index (χ1) is 7.38. The van der Waals surface area contributed by atoms with Crippen LogP contribution in [-0.2, 0) is 6.61 Å². The van der Waals surface area contributed by atoms with Crippen LogP contribution in [0.2, 0.25) is 0 Å². The summed E-state index contributed by atoms with van der Waals surface area (Å²) in [5.41, 5.74) is 1.70. The van der Waals surface area contributed by atoms with E-state index < -0.39 is 0 Å². The summed E-state index contributed by atoms with van der Waals surface area (Å²) < 4.78 is 7.06. The third kappa shape index (κ3) is 1.45. The minimum atomic E-state index is -0.120. The summed E-state index contributed by atoms with van der Waals surface area (Å²) in [5.74, 6) is 0.480. The van der Waals surface area contributed by atoms with Gasteiger partial charge in [0.25, 0.3) is 0 Å². The van der Waals surface area contributed by atoms with Gasteiger partial charge in [0.05, 0.1) is 18.2 Å². The van der Waals surface area contributed by atoms with Gasteiger partial charge in [-0.1, -0.05) is 5.16 Å². The lowest BCUT2D eigenvalue weighted by atomic mass is 10.3. The summed E-state index contributed by atoms with van der Waals surface area (Å²) in [6.07, 6.45) is 6.00. The molecule has 2 aromatic heterocycles. The van der Waals surface area contributed by atoms with E-state index in [0.29, 0.717) is 11.8 Å². The third-order valence-corrected chi connectivity index (χ3v) is 2.58. The first-order valence-corrected chi connectivity index (χ1v) is 4.97. The molecule has 2 aromatic rings. The van der Waals surface area contributed by atoms with Gasteiger partial charge < -0.3 is 14.2 Å². The Morgan fingerprint density at radius 1 is 1.53 bits per heavy atom. The van der Waals surface area contributed by atoms with Crippen molar-refractivity contribution in [2.24, 2.45) is 0 Å². The Kier molecular flexibility index (Phi) is 1.85. The maximum atomic E-state index is 8.88. The predicted octanol–water partition coefficient (Wildman–Crippen LogP) is 1.37. The van der Waals surface area contributed by atoms with Gasteiger partial charge in [0.2, 0.25) is 0 Å². The fraction of sp³-hybridized carbons (Fsp3) is 0.400. The first-order valence-electron chi connectivity index (χ1n) is 4.97. The van der Waals surface area contributed by atoms with E-state index in [1.165, 1.54) is 12.8 Å². The van der Waals surface area contributed by atoms with E-state index in [0.717, 1.165) is 11.4 Å². The van der Waals surface area contributed by atoms with Gasteiger partial charge in [-0.2, -0.15) is 0 Å². The van der Waals surface area contributed by atoms with Gasteiger partial charge in [-0.25, -0.2) is 4.98 Å². The molecule has 15 heavy (non-hydrogen) atoms. The van der Waals surface area contributed by atoms with Gasteiger partial charge in [-0.15, -0.1) is 0 Å². The van der Waals surface area contributed by atoms with Crippen LogP contribution < -0.4 is 0 Å². The number of aromatic nitrogens is 3. The zero-order chi connectivity index (χ0) is 10.3. The second kappa shape index (κ2) is 3.20. The largest absolute Gasteiger partial charge is 0.388 e. The Bertz CT molecular complexity index is 470. The fourth-order valence-corrected chi connectivity index (χ4v) is 1.65. The van der Waals surface area contributed by atoms with Gasteiger partial charge >= 0.3 is 0 Å². The predicted molar refractivity (Wildman–Crippen MR) is 51.9 cm³/mol. The Morgan fingerprint density at radius 3 is 3.07 bits per heavy atom. The molecule has 0 radical (unpaired) electrons. The van der Waals surface area contributed by atoms with Gasteiger partial charge in [0.15, 0.2) is 5.76 Å². The summed E-state index contributed by atoms with van der Waals surface area (Å²) in [6.45, 7) is -0.120. The van der Waals surface area contributed by atoms with Crippen LogP contribution in [-0.4, -0.2) is 19.8 Å². The summed E-state index contributed by atoms with van der Waals surface area (Å²) >= 11 is 0. The molecule has 3 rings (SSSR count). The number of hydrogen-bond acceptors (Lipinski definition) is 4. The van der Waals surface area contributed by atoms with Gasteiger partial charge in [0.1, 0.15) is 12.3 Å². The summed E-state index contributed by atoms with van der Waals surface area (Å²) in [4.78, 5) is 4.11. The van der Waals surface area contributed by atoms with Crippen molar-refractivity contribution in [2.45, 2.75) is 25.5 Å². The molecule has 0 amide bonds. The molecule has 1 aliphatic rings. The van der Waals surface area contributed by atoms with Crippen molar-refractivity contribution in [1.82, 2.24) is 14.7 Å². The van der Waals surface area contributed by atoms with Crippen molar-refractivity contribution in [3.05, 3.63) is 24.4 Å². The minimum absolute atomic E-state index is 0.120. The molecule has 1 saturated carbocycles. The normalized spacial score (nSPS) is 15.8. The third-order valence-electron chi connectivity index (χ3n) is 2.58. The van der Waals surface area contributed by atoms with Crippen molar-refractivity contribution in [1.29, 1.82) is 0 Å². The van der Waals surface area contributed by atoms with Gasteiger partial charge in [0, 0.05) is 12.1 Å². The maximum absolute atomic E-state index is 8.88. The Balaban J connectivity index is 2.00. The molecular formula is C10H11N3O2. The standard InChI is InChI=1S/C10H11N3O2/c14-5-8-3-9(12-15-8)10-4-11-6-13(10)7-1-2-7/h3-4,6-7,14H,1-2,5H2. The molecule has 1 aliphatic carbocycles. The van der Waals surface area contributed by atoms with E-state index in [1.807, 2.05) is 6.33 Å². The first kappa shape index (κ1) is 8.67. The highest BCUT2D eigenvalue weighted by Gasteiger charge is 2.26. The van der Waals surface area contributed by atoms with Crippen molar-refractivity contribution in [3.63, 3.8) is 0 Å². The molecule has 0 aliphatic heterocycles. The number of rotatable bonds is 3. The lowest BCUT2D eigenvalue weighted by molar-refractivity contribution is 0.229. The molecule has 2 heterocycles.